The van der Waals surface area contributed by atoms with Crippen molar-refractivity contribution in [3.63, 3.8) is 0 Å². The van der Waals surface area contributed by atoms with Crippen LogP contribution in [0.3, 0.4) is 0 Å². The summed E-state index contributed by atoms with van der Waals surface area (Å²) in [6, 6.07) is 13.0. The highest BCUT2D eigenvalue weighted by molar-refractivity contribution is 5.97. The van der Waals surface area contributed by atoms with Gasteiger partial charge in [-0.3, -0.25) is 9.59 Å². The van der Waals surface area contributed by atoms with E-state index < -0.39 is 0 Å². The minimum atomic E-state index is -0.0420. The Bertz CT molecular complexity index is 864. The van der Waals surface area contributed by atoms with Crippen molar-refractivity contribution < 1.29 is 19.1 Å². The molecule has 0 radical (unpaired) electrons. The lowest BCUT2D eigenvalue weighted by Gasteiger charge is -2.22. The summed E-state index contributed by atoms with van der Waals surface area (Å²) in [5.41, 5.74) is 2.43. The zero-order chi connectivity index (χ0) is 20.8. The van der Waals surface area contributed by atoms with E-state index in [1.54, 1.807) is 29.0 Å². The zero-order valence-corrected chi connectivity index (χ0v) is 17.3. The van der Waals surface area contributed by atoms with E-state index in [0.29, 0.717) is 43.2 Å². The van der Waals surface area contributed by atoms with Crippen molar-refractivity contribution in [3.05, 3.63) is 53.6 Å². The second kappa shape index (κ2) is 9.45. The first-order valence-electron chi connectivity index (χ1n) is 10.1. The molecule has 0 saturated carbocycles. The molecule has 154 valence electrons. The number of methoxy groups -OCH3 is 1. The predicted octanol–water partition coefficient (Wildman–Crippen LogP) is 3.88. The van der Waals surface area contributed by atoms with Gasteiger partial charge in [0, 0.05) is 37.3 Å². The summed E-state index contributed by atoms with van der Waals surface area (Å²) in [4.78, 5) is 28.4. The Kier molecular flexibility index (Phi) is 6.75. The Morgan fingerprint density at radius 2 is 1.86 bits per heavy atom. The van der Waals surface area contributed by atoms with Crippen LogP contribution in [0, 0.1) is 0 Å². The summed E-state index contributed by atoms with van der Waals surface area (Å²) < 4.78 is 11.0. The maximum Gasteiger partial charge on any atom is 0.254 e. The van der Waals surface area contributed by atoms with E-state index in [0.717, 1.165) is 24.2 Å². The number of anilines is 1. The molecule has 1 saturated heterocycles. The van der Waals surface area contributed by atoms with Crippen LogP contribution in [0.15, 0.2) is 42.5 Å². The molecule has 0 atom stereocenters. The molecule has 0 aromatic heterocycles. The molecule has 6 nitrogen and oxygen atoms in total. The monoisotopic (exact) mass is 396 g/mol. The molecule has 0 bridgehead atoms. The van der Waals surface area contributed by atoms with Crippen LogP contribution in [0.2, 0.25) is 0 Å². The number of carbonyl (C=O) groups excluding carboxylic acids is 2. The van der Waals surface area contributed by atoms with Crippen molar-refractivity contribution in [2.24, 2.45) is 0 Å². The second-order valence-electron chi connectivity index (χ2n) is 6.93. The molecule has 0 unspecified atom stereocenters. The van der Waals surface area contributed by atoms with Crippen LogP contribution in [-0.2, 0) is 11.3 Å². The number of ether oxygens (including phenoxy) is 2. The largest absolute Gasteiger partial charge is 0.493 e. The second-order valence-corrected chi connectivity index (χ2v) is 6.93. The fourth-order valence-corrected chi connectivity index (χ4v) is 3.52. The number of benzene rings is 2. The lowest BCUT2D eigenvalue weighted by molar-refractivity contribution is -0.117. The highest BCUT2D eigenvalue weighted by Crippen LogP contribution is 2.29. The highest BCUT2D eigenvalue weighted by atomic mass is 16.5. The first-order valence-corrected chi connectivity index (χ1v) is 10.1. The van der Waals surface area contributed by atoms with Crippen molar-refractivity contribution in [2.45, 2.75) is 33.2 Å². The molecule has 2 amide bonds. The summed E-state index contributed by atoms with van der Waals surface area (Å²) in [6.45, 7) is 6.25. The van der Waals surface area contributed by atoms with Crippen LogP contribution < -0.4 is 14.4 Å². The van der Waals surface area contributed by atoms with Gasteiger partial charge in [0.2, 0.25) is 5.91 Å². The molecule has 29 heavy (non-hydrogen) atoms. The van der Waals surface area contributed by atoms with Gasteiger partial charge < -0.3 is 19.3 Å². The molecular formula is C23H28N2O4. The highest BCUT2D eigenvalue weighted by Gasteiger charge is 2.22. The Morgan fingerprint density at radius 3 is 2.45 bits per heavy atom. The van der Waals surface area contributed by atoms with Crippen LogP contribution in [0.25, 0.3) is 0 Å². The minimum absolute atomic E-state index is 0.0420. The summed E-state index contributed by atoms with van der Waals surface area (Å²) in [5, 5.41) is 0. The first kappa shape index (κ1) is 20.7. The SMILES string of the molecule is CCOc1ccc(CN(CC)C(=O)c2ccc(N3CCCC3=O)cc2)cc1OC. The van der Waals surface area contributed by atoms with Crippen molar-refractivity contribution in [2.75, 3.05) is 31.7 Å². The van der Waals surface area contributed by atoms with E-state index in [2.05, 4.69) is 0 Å². The van der Waals surface area contributed by atoms with Crippen molar-refractivity contribution in [1.29, 1.82) is 0 Å². The van der Waals surface area contributed by atoms with Crippen LogP contribution in [0.1, 0.15) is 42.6 Å². The number of nitrogens with zero attached hydrogens (tertiary/aromatic N) is 2. The third-order valence-electron chi connectivity index (χ3n) is 5.07. The van der Waals surface area contributed by atoms with E-state index in [1.165, 1.54) is 0 Å². The van der Waals surface area contributed by atoms with E-state index in [1.807, 2.05) is 44.2 Å². The van der Waals surface area contributed by atoms with Gasteiger partial charge in [-0.05, 0) is 62.2 Å². The predicted molar refractivity (Wildman–Crippen MR) is 113 cm³/mol. The Hall–Kier alpha value is -3.02. The van der Waals surface area contributed by atoms with Gasteiger partial charge in [-0.25, -0.2) is 0 Å². The quantitative estimate of drug-likeness (QED) is 0.679. The molecule has 6 heteroatoms. The smallest absolute Gasteiger partial charge is 0.254 e. The molecule has 3 rings (SSSR count). The Morgan fingerprint density at radius 1 is 1.10 bits per heavy atom. The van der Waals surface area contributed by atoms with Crippen LogP contribution in [0.5, 0.6) is 11.5 Å². The summed E-state index contributed by atoms with van der Waals surface area (Å²) in [6.07, 6.45) is 1.48. The number of rotatable bonds is 8. The third kappa shape index (κ3) is 4.70. The zero-order valence-electron chi connectivity index (χ0n) is 17.3. The van der Waals surface area contributed by atoms with E-state index >= 15 is 0 Å². The molecule has 1 aliphatic rings. The first-order chi connectivity index (χ1) is 14.1. The van der Waals surface area contributed by atoms with Gasteiger partial charge in [0.15, 0.2) is 11.5 Å². The average Bonchev–Trinajstić information content (AvgIpc) is 3.18. The fraction of sp³-hybridized carbons (Fsp3) is 0.391. The molecule has 2 aromatic carbocycles. The van der Waals surface area contributed by atoms with Crippen LogP contribution in [0.4, 0.5) is 5.69 Å². The van der Waals surface area contributed by atoms with E-state index in [4.69, 9.17) is 9.47 Å². The van der Waals surface area contributed by atoms with Gasteiger partial charge in [-0.1, -0.05) is 6.07 Å². The summed E-state index contributed by atoms with van der Waals surface area (Å²) in [7, 11) is 1.61. The normalized spacial score (nSPS) is 13.5. The standard InChI is InChI=1S/C23H28N2O4/c1-4-24(16-17-8-13-20(29-5-2)21(15-17)28-3)23(27)18-9-11-19(12-10-18)25-14-6-7-22(25)26/h8-13,15H,4-7,14,16H2,1-3H3. The molecule has 2 aromatic rings. The van der Waals surface area contributed by atoms with Gasteiger partial charge in [0.25, 0.3) is 5.91 Å². The minimum Gasteiger partial charge on any atom is -0.493 e. The van der Waals surface area contributed by atoms with Crippen molar-refractivity contribution >= 4 is 17.5 Å². The Labute approximate surface area is 172 Å². The number of amides is 2. The molecule has 1 fully saturated rings. The van der Waals surface area contributed by atoms with E-state index in [-0.39, 0.29) is 11.8 Å². The number of carbonyl (C=O) groups is 2. The lowest BCUT2D eigenvalue weighted by Crippen LogP contribution is -2.30. The average molecular weight is 396 g/mol. The Balaban J connectivity index is 1.72. The van der Waals surface area contributed by atoms with Crippen molar-refractivity contribution in [3.8, 4) is 11.5 Å². The molecule has 1 aliphatic heterocycles. The van der Waals surface area contributed by atoms with Crippen LogP contribution >= 0.6 is 0 Å². The van der Waals surface area contributed by atoms with Crippen molar-refractivity contribution in [1.82, 2.24) is 4.90 Å². The maximum atomic E-state index is 13.0. The molecule has 0 N–H and O–H groups in total. The number of hydrogen-bond acceptors (Lipinski definition) is 4. The van der Waals surface area contributed by atoms with E-state index in [9.17, 15) is 9.59 Å². The van der Waals surface area contributed by atoms with Gasteiger partial charge >= 0.3 is 0 Å². The summed E-state index contributed by atoms with van der Waals surface area (Å²) in [5.74, 6) is 1.45. The van der Waals surface area contributed by atoms with Gasteiger partial charge in [-0.15, -0.1) is 0 Å². The van der Waals surface area contributed by atoms with Gasteiger partial charge in [-0.2, -0.15) is 0 Å². The van der Waals surface area contributed by atoms with Gasteiger partial charge in [0.05, 0.1) is 13.7 Å². The summed E-state index contributed by atoms with van der Waals surface area (Å²) >= 11 is 0. The fourth-order valence-electron chi connectivity index (χ4n) is 3.52. The van der Waals surface area contributed by atoms with Gasteiger partial charge in [0.1, 0.15) is 0 Å². The topological polar surface area (TPSA) is 59.1 Å². The maximum absolute atomic E-state index is 13.0. The molecule has 1 heterocycles. The molecule has 0 spiro atoms. The number of hydrogen-bond donors (Lipinski definition) is 0. The lowest BCUT2D eigenvalue weighted by atomic mass is 10.1. The molecule has 0 aliphatic carbocycles. The third-order valence-corrected chi connectivity index (χ3v) is 5.07. The molecular weight excluding hydrogens is 368 g/mol. The van der Waals surface area contributed by atoms with Crippen LogP contribution in [-0.4, -0.2) is 43.5 Å².